The van der Waals surface area contributed by atoms with Crippen LogP contribution in [0.3, 0.4) is 0 Å². The average molecular weight is 1310 g/mol. The van der Waals surface area contributed by atoms with Crippen LogP contribution >= 0.6 is 31.7 Å². The maximum Gasteiger partial charge on any atom is 2.00 e. The maximum atomic E-state index is 2.55. The van der Waals surface area contributed by atoms with Gasteiger partial charge in [-0.05, 0) is 94.6 Å². The third-order valence-corrected chi connectivity index (χ3v) is 31.9. The van der Waals surface area contributed by atoms with Crippen molar-refractivity contribution in [3.8, 4) is 0 Å². The summed E-state index contributed by atoms with van der Waals surface area (Å²) in [7, 11) is -0.247. The summed E-state index contributed by atoms with van der Waals surface area (Å²) in [6.07, 6.45) is 29.8. The number of hydrogen-bond acceptors (Lipinski definition) is 0. The van der Waals surface area contributed by atoms with Gasteiger partial charge in [0, 0.05) is 0 Å². The minimum absolute atomic E-state index is 0. The van der Waals surface area contributed by atoms with E-state index in [1.54, 1.807) is 21.2 Å². The van der Waals surface area contributed by atoms with Crippen molar-refractivity contribution < 1.29 is 68.2 Å². The summed E-state index contributed by atoms with van der Waals surface area (Å²) in [6.45, 7) is 28.5. The largest absolute Gasteiger partial charge is 2.00 e. The second kappa shape index (κ2) is 33.4. The summed E-state index contributed by atoms with van der Waals surface area (Å²) in [5, 5.41) is 19.3. The molecule has 0 heterocycles. The molecule has 0 spiro atoms. The Hall–Kier alpha value is -0.951. The van der Waals surface area contributed by atoms with E-state index in [0.717, 1.165) is 22.6 Å². The van der Waals surface area contributed by atoms with Crippen molar-refractivity contribution in [3.05, 3.63) is 146 Å². The van der Waals surface area contributed by atoms with Gasteiger partial charge in [-0.3, -0.25) is 0 Å². The van der Waals surface area contributed by atoms with Gasteiger partial charge in [0.25, 0.3) is 0 Å². The minimum Gasteiger partial charge on any atom is -1.00 e. The van der Waals surface area contributed by atoms with Crippen molar-refractivity contribution in [2.75, 3.05) is 0 Å². The predicted molar refractivity (Wildman–Crippen MR) is 371 cm³/mol. The zero-order chi connectivity index (χ0) is 56.7. The molecule has 8 aromatic rings. The Labute approximate surface area is 559 Å². The Morgan fingerprint density at radius 2 is 0.476 bits per heavy atom. The Balaban J connectivity index is 0.000000203. The van der Waals surface area contributed by atoms with Gasteiger partial charge in [0.2, 0.25) is 0 Å². The van der Waals surface area contributed by atoms with E-state index in [9.17, 15) is 0 Å². The van der Waals surface area contributed by atoms with Crippen molar-refractivity contribution in [3.63, 3.8) is 0 Å². The first kappa shape index (κ1) is 73.8. The van der Waals surface area contributed by atoms with Crippen LogP contribution in [0.2, 0.25) is 0 Å². The molecule has 0 unspecified atom stereocenters. The van der Waals surface area contributed by atoms with E-state index in [1.165, 1.54) is 172 Å². The molecule has 0 N–H and O–H groups in total. The topological polar surface area (TPSA) is 0 Å². The van der Waals surface area contributed by atoms with Crippen molar-refractivity contribution in [2.24, 2.45) is 0 Å². The molecule has 0 nitrogen and oxygen atoms in total. The molecule has 8 aromatic carbocycles. The van der Waals surface area contributed by atoms with Gasteiger partial charge in [-0.15, -0.1) is 161 Å². The van der Waals surface area contributed by atoms with Gasteiger partial charge in [0.1, 0.15) is 0 Å². The summed E-state index contributed by atoms with van der Waals surface area (Å²) in [6, 6.07) is 55.1. The monoisotopic (exact) mass is 1310 g/mol. The Morgan fingerprint density at radius 1 is 0.286 bits per heavy atom. The fraction of sp³-hybridized carbons (Fsp3) is 0.526. The van der Waals surface area contributed by atoms with Crippen molar-refractivity contribution in [1.82, 2.24) is 0 Å². The molecule has 84 heavy (non-hydrogen) atoms. The van der Waals surface area contributed by atoms with Gasteiger partial charge in [-0.2, -0.15) is 24.3 Å². The molecule has 8 heteroatoms. The molecule has 0 amide bonds. The van der Waals surface area contributed by atoms with Crippen molar-refractivity contribution >= 4 is 96.0 Å². The standard InChI is InChI=1S/2C21H28P.2C17H24P.2ClH.2Ti/c2*1-3-11-19(12-4-1)22(20-13-5-2-6-14-20)21-15-17-9-7-8-10-18(17)16-21;2*1-16(2,3)18(17(4,5)6)15-11-13-9-7-8-10-14(13)12-15;;;;/h2*7-10,15-16,19-20H,1-6,11-14H2;2*7-12H,1-6H3;2*1H;;/q4*-1;;;2*+2/p-2. The molecule has 4 fully saturated rings. The zero-order valence-corrected chi connectivity index (χ0v) is 62.1. The first-order valence-corrected chi connectivity index (χ1v) is 37.7. The van der Waals surface area contributed by atoms with E-state index in [0.29, 0.717) is 20.6 Å². The molecule has 0 saturated heterocycles. The number of benzene rings is 4. The molecule has 0 aliphatic heterocycles. The Kier molecular flexibility index (Phi) is 29.3. The van der Waals surface area contributed by atoms with Crippen LogP contribution in [-0.2, 0) is 43.4 Å². The molecular weight excluding hydrogens is 1200 g/mol. The Morgan fingerprint density at radius 3 is 0.679 bits per heavy atom. The van der Waals surface area contributed by atoms with Crippen LogP contribution in [0.15, 0.2) is 146 Å². The number of fused-ring (bicyclic) bond motifs is 4. The molecule has 0 atom stereocenters. The molecule has 0 bridgehead atoms. The fourth-order valence-corrected chi connectivity index (χ4v) is 31.4. The van der Waals surface area contributed by atoms with Crippen LogP contribution in [0.1, 0.15) is 212 Å². The normalized spacial score (nSPS) is 17.1. The Bertz CT molecular complexity index is 2730. The van der Waals surface area contributed by atoms with Gasteiger partial charge in [0.05, 0.1) is 0 Å². The maximum absolute atomic E-state index is 2.55. The summed E-state index contributed by atoms with van der Waals surface area (Å²) < 4.78 is 0. The van der Waals surface area contributed by atoms with Gasteiger partial charge in [-0.1, -0.05) is 216 Å². The van der Waals surface area contributed by atoms with E-state index in [2.05, 4.69) is 229 Å². The summed E-state index contributed by atoms with van der Waals surface area (Å²) in [4.78, 5) is 0. The third-order valence-electron chi connectivity index (χ3n) is 18.1. The molecular formula is C76H104Cl2P4Ti2-2. The zero-order valence-electron chi connectivity index (χ0n) is 53.9. The van der Waals surface area contributed by atoms with Crippen LogP contribution in [0.4, 0.5) is 0 Å². The van der Waals surface area contributed by atoms with Crippen LogP contribution < -0.4 is 46.0 Å². The van der Waals surface area contributed by atoms with Gasteiger partial charge >= 0.3 is 43.4 Å². The summed E-state index contributed by atoms with van der Waals surface area (Å²) in [5.74, 6) is 0. The smallest absolute Gasteiger partial charge is 1.00 e. The number of hydrogen-bond donors (Lipinski definition) is 0. The first-order valence-electron chi connectivity index (χ1n) is 32.0. The van der Waals surface area contributed by atoms with Crippen LogP contribution in [0.5, 0.6) is 0 Å². The van der Waals surface area contributed by atoms with Crippen molar-refractivity contribution in [1.29, 1.82) is 0 Å². The number of rotatable bonds is 8. The summed E-state index contributed by atoms with van der Waals surface area (Å²) >= 11 is 0. The number of halogens is 2. The third kappa shape index (κ3) is 19.5. The average Bonchev–Trinajstić information content (AvgIpc) is 4.44. The second-order valence-corrected chi connectivity index (χ2v) is 42.0. The van der Waals surface area contributed by atoms with E-state index in [1.807, 2.05) is 0 Å². The first-order chi connectivity index (χ1) is 38.2. The fourth-order valence-electron chi connectivity index (χ4n) is 15.5. The molecule has 4 aliphatic carbocycles. The quantitative estimate of drug-likeness (QED) is 0.0808. The second-order valence-electron chi connectivity index (χ2n) is 28.7. The molecule has 452 valence electrons. The van der Waals surface area contributed by atoms with Crippen LogP contribution in [-0.4, -0.2) is 43.3 Å². The van der Waals surface area contributed by atoms with Gasteiger partial charge in [-0.25, -0.2) is 0 Å². The van der Waals surface area contributed by atoms with Gasteiger partial charge in [0.15, 0.2) is 0 Å². The molecule has 0 aromatic heterocycles. The van der Waals surface area contributed by atoms with E-state index in [-0.39, 0.29) is 99.9 Å². The predicted octanol–water partition coefficient (Wildman–Crippen LogP) is 17.2. The van der Waals surface area contributed by atoms with Crippen LogP contribution in [0.25, 0.3) is 43.1 Å². The van der Waals surface area contributed by atoms with Crippen molar-refractivity contribution in [2.45, 2.75) is 255 Å². The molecule has 0 radical (unpaired) electrons. The minimum atomic E-state index is -0.185. The van der Waals surface area contributed by atoms with Gasteiger partial charge < -0.3 is 24.8 Å². The molecule has 4 saturated carbocycles. The summed E-state index contributed by atoms with van der Waals surface area (Å²) in [5.41, 5.74) is 4.07. The van der Waals surface area contributed by atoms with E-state index in [4.69, 9.17) is 0 Å². The molecule has 12 rings (SSSR count). The van der Waals surface area contributed by atoms with E-state index >= 15 is 0 Å². The molecule has 4 aliphatic rings. The van der Waals surface area contributed by atoms with E-state index < -0.39 is 0 Å². The van der Waals surface area contributed by atoms with Crippen LogP contribution in [0, 0.1) is 0 Å². The SMILES string of the molecule is CC(C)(C)P(c1cc2ccccc2[cH-]1)C(C)(C)C.CC(C)(C)P(c1cc2ccccc2[cH-]1)C(C)(C)C.[Cl-].[Cl-].[Ti+2].[Ti+2].c1ccc2[cH-]c(P(C3CCCCC3)C3CCCCC3)cc2c1.c1ccc2[cH-]c(P(C3CCCCC3)C3CCCCC3)cc2c1.